The van der Waals surface area contributed by atoms with E-state index in [4.69, 9.17) is 27.1 Å². The molecule has 2 N–H and O–H groups in total. The maximum atomic E-state index is 9.87. The summed E-state index contributed by atoms with van der Waals surface area (Å²) in [6.07, 6.45) is 2.58. The maximum absolute atomic E-state index is 9.87. The first-order valence-electron chi connectivity index (χ1n) is 3.75. The number of carbonyl (C=O) groups is 2. The highest BCUT2D eigenvalue weighted by molar-refractivity contribution is 6.40. The SMILES string of the molecule is CC=C(C#N)C(=O)O.CC=C(Cl)C(=O)O. The predicted molar refractivity (Wildman–Crippen MR) is 54.3 cm³/mol. The van der Waals surface area contributed by atoms with E-state index in [0.717, 1.165) is 0 Å². The highest BCUT2D eigenvalue weighted by atomic mass is 35.5. The summed E-state index contributed by atoms with van der Waals surface area (Å²) in [7, 11) is 0. The van der Waals surface area contributed by atoms with Gasteiger partial charge in [0.1, 0.15) is 16.7 Å². The fraction of sp³-hybridized carbons (Fsp3) is 0.222. The molecular formula is C9H10ClNO4. The molecule has 0 heterocycles. The third kappa shape index (κ3) is 8.53. The standard InChI is InChI=1S/C5H5NO2.C4H5ClO2/c1-2-4(3-6)5(7)8;1-2-3(5)4(6)7/h2H,1H3,(H,7,8);2H,1H3,(H,6,7). The van der Waals surface area contributed by atoms with Crippen LogP contribution in [0.25, 0.3) is 0 Å². The van der Waals surface area contributed by atoms with Gasteiger partial charge >= 0.3 is 11.9 Å². The first-order valence-corrected chi connectivity index (χ1v) is 4.13. The van der Waals surface area contributed by atoms with Crippen LogP contribution in [-0.2, 0) is 9.59 Å². The van der Waals surface area contributed by atoms with E-state index in [1.54, 1.807) is 6.92 Å². The quantitative estimate of drug-likeness (QED) is 0.557. The van der Waals surface area contributed by atoms with Gasteiger partial charge in [-0.15, -0.1) is 0 Å². The van der Waals surface area contributed by atoms with Gasteiger partial charge in [0, 0.05) is 0 Å². The second kappa shape index (κ2) is 8.78. The van der Waals surface area contributed by atoms with E-state index in [0.29, 0.717) is 0 Å². The largest absolute Gasteiger partial charge is 0.477 e. The molecule has 0 spiro atoms. The maximum Gasteiger partial charge on any atom is 0.346 e. The molecule has 0 rings (SSSR count). The first kappa shape index (κ1) is 15.7. The van der Waals surface area contributed by atoms with Crippen LogP contribution in [0.4, 0.5) is 0 Å². The Kier molecular flexibility index (Phi) is 9.17. The van der Waals surface area contributed by atoms with Crippen molar-refractivity contribution in [1.82, 2.24) is 0 Å². The summed E-state index contributed by atoms with van der Waals surface area (Å²) in [6.45, 7) is 3.07. The molecule has 0 aromatic rings. The molecule has 0 saturated carbocycles. The van der Waals surface area contributed by atoms with Gasteiger partial charge < -0.3 is 10.2 Å². The molecule has 6 heteroatoms. The van der Waals surface area contributed by atoms with Crippen molar-refractivity contribution in [2.75, 3.05) is 0 Å². The molecule has 0 aliphatic carbocycles. The van der Waals surface area contributed by atoms with E-state index in [9.17, 15) is 9.59 Å². The minimum atomic E-state index is -1.17. The van der Waals surface area contributed by atoms with Crippen LogP contribution >= 0.6 is 11.6 Å². The molecule has 0 unspecified atom stereocenters. The van der Waals surface area contributed by atoms with Gasteiger partial charge in [-0.1, -0.05) is 23.8 Å². The Hall–Kier alpha value is -1.80. The molecule has 0 fully saturated rings. The molecule has 5 nitrogen and oxygen atoms in total. The lowest BCUT2D eigenvalue weighted by Crippen LogP contribution is -1.96. The molecule has 0 bridgehead atoms. The van der Waals surface area contributed by atoms with Gasteiger partial charge in [0.25, 0.3) is 0 Å². The summed E-state index contributed by atoms with van der Waals surface area (Å²) in [6, 6.07) is 1.51. The lowest BCUT2D eigenvalue weighted by Gasteiger charge is -1.81. The van der Waals surface area contributed by atoms with Gasteiger partial charge in [0.15, 0.2) is 0 Å². The van der Waals surface area contributed by atoms with Crippen LogP contribution in [0, 0.1) is 11.3 Å². The topological polar surface area (TPSA) is 98.4 Å². The van der Waals surface area contributed by atoms with Crippen molar-refractivity contribution in [2.24, 2.45) is 0 Å². The van der Waals surface area contributed by atoms with Gasteiger partial charge in [-0.25, -0.2) is 9.59 Å². The molecule has 0 aliphatic rings. The van der Waals surface area contributed by atoms with Crippen molar-refractivity contribution < 1.29 is 19.8 Å². The molecule has 0 aliphatic heterocycles. The Balaban J connectivity index is 0. The average Bonchev–Trinajstić information content (AvgIpc) is 2.18. The number of carboxylic acid groups (broad SMARTS) is 2. The van der Waals surface area contributed by atoms with Gasteiger partial charge in [0.05, 0.1) is 0 Å². The first-order chi connectivity index (χ1) is 6.90. The van der Waals surface area contributed by atoms with E-state index in [1.807, 2.05) is 0 Å². The van der Waals surface area contributed by atoms with Gasteiger partial charge in [0.2, 0.25) is 0 Å². The van der Waals surface area contributed by atoms with E-state index < -0.39 is 11.9 Å². The van der Waals surface area contributed by atoms with Crippen LogP contribution in [-0.4, -0.2) is 22.2 Å². The Labute approximate surface area is 91.9 Å². The fourth-order valence-corrected chi connectivity index (χ4v) is 0.359. The number of halogens is 1. The number of aliphatic carboxylic acids is 2. The lowest BCUT2D eigenvalue weighted by molar-refractivity contribution is -0.133. The van der Waals surface area contributed by atoms with Crippen molar-refractivity contribution in [1.29, 1.82) is 5.26 Å². The average molecular weight is 232 g/mol. The molecule has 15 heavy (non-hydrogen) atoms. The van der Waals surface area contributed by atoms with Crippen molar-refractivity contribution in [3.05, 3.63) is 22.8 Å². The third-order valence-corrected chi connectivity index (χ3v) is 1.48. The highest BCUT2D eigenvalue weighted by Gasteiger charge is 2.00. The van der Waals surface area contributed by atoms with Gasteiger partial charge in [-0.05, 0) is 13.8 Å². The van der Waals surface area contributed by atoms with E-state index >= 15 is 0 Å². The van der Waals surface area contributed by atoms with Crippen molar-refractivity contribution >= 4 is 23.5 Å². The molecule has 0 aromatic heterocycles. The van der Waals surface area contributed by atoms with Crippen LogP contribution < -0.4 is 0 Å². The van der Waals surface area contributed by atoms with Gasteiger partial charge in [-0.3, -0.25) is 0 Å². The van der Waals surface area contributed by atoms with Crippen LogP contribution in [0.15, 0.2) is 22.8 Å². The van der Waals surface area contributed by atoms with Crippen molar-refractivity contribution in [3.63, 3.8) is 0 Å². The molecule has 0 aromatic carbocycles. The normalized spacial score (nSPS) is 10.8. The number of nitrogens with zero attached hydrogens (tertiary/aromatic N) is 1. The van der Waals surface area contributed by atoms with Crippen LogP contribution in [0.3, 0.4) is 0 Å². The summed E-state index contributed by atoms with van der Waals surface area (Å²) in [4.78, 5) is 19.6. The molecule has 0 atom stereocenters. The lowest BCUT2D eigenvalue weighted by atomic mass is 10.3. The second-order valence-electron chi connectivity index (χ2n) is 2.06. The summed E-state index contributed by atoms with van der Waals surface area (Å²) >= 11 is 5.06. The van der Waals surface area contributed by atoms with E-state index in [1.165, 1.54) is 25.1 Å². The fourth-order valence-electron chi connectivity index (χ4n) is 0.359. The number of nitriles is 1. The Morgan fingerprint density at radius 2 is 1.67 bits per heavy atom. The minimum Gasteiger partial charge on any atom is -0.477 e. The number of rotatable bonds is 2. The third-order valence-electron chi connectivity index (χ3n) is 1.10. The van der Waals surface area contributed by atoms with E-state index in [-0.39, 0.29) is 10.6 Å². The highest BCUT2D eigenvalue weighted by Crippen LogP contribution is 1.97. The Morgan fingerprint density at radius 1 is 1.20 bits per heavy atom. The molecule has 82 valence electrons. The Morgan fingerprint density at radius 3 is 1.67 bits per heavy atom. The monoisotopic (exact) mass is 231 g/mol. The van der Waals surface area contributed by atoms with Crippen molar-refractivity contribution in [2.45, 2.75) is 13.8 Å². The zero-order chi connectivity index (χ0) is 12.4. The van der Waals surface area contributed by atoms with Crippen LogP contribution in [0.1, 0.15) is 13.8 Å². The second-order valence-corrected chi connectivity index (χ2v) is 2.47. The van der Waals surface area contributed by atoms with Crippen LogP contribution in [0.5, 0.6) is 0 Å². The molecule has 0 radical (unpaired) electrons. The van der Waals surface area contributed by atoms with Crippen LogP contribution in [0.2, 0.25) is 0 Å². The Bertz CT molecular complexity index is 339. The van der Waals surface area contributed by atoms with Gasteiger partial charge in [-0.2, -0.15) is 5.26 Å². The number of allylic oxidation sites excluding steroid dienone is 2. The summed E-state index contributed by atoms with van der Waals surface area (Å²) in [5.74, 6) is -2.25. The van der Waals surface area contributed by atoms with Crippen molar-refractivity contribution in [3.8, 4) is 6.07 Å². The zero-order valence-corrected chi connectivity index (χ0v) is 8.95. The minimum absolute atomic E-state index is 0.139. The summed E-state index contributed by atoms with van der Waals surface area (Å²) in [5, 5.41) is 23.9. The summed E-state index contributed by atoms with van der Waals surface area (Å²) < 4.78 is 0. The zero-order valence-electron chi connectivity index (χ0n) is 8.19. The predicted octanol–water partition coefficient (Wildman–Crippen LogP) is 1.75. The summed E-state index contributed by atoms with van der Waals surface area (Å²) in [5.41, 5.74) is -0.218. The molecule has 0 amide bonds. The number of hydrogen-bond acceptors (Lipinski definition) is 3. The smallest absolute Gasteiger partial charge is 0.346 e. The number of hydrogen-bond donors (Lipinski definition) is 2. The molecular weight excluding hydrogens is 222 g/mol. The van der Waals surface area contributed by atoms with E-state index in [2.05, 4.69) is 0 Å². The molecule has 0 saturated heterocycles. The number of carboxylic acids is 2.